The number of urea groups is 1. The molecule has 4 rings (SSSR count). The van der Waals surface area contributed by atoms with E-state index in [2.05, 4.69) is 24.5 Å². The number of aromatic carboxylic acids is 1. The molecular weight excluding hydrogens is 454 g/mol. The molecule has 2 aromatic carbocycles. The van der Waals surface area contributed by atoms with Gasteiger partial charge >= 0.3 is 12.0 Å². The Morgan fingerprint density at radius 3 is 2.17 bits per heavy atom. The molecule has 0 aromatic heterocycles. The van der Waals surface area contributed by atoms with Gasteiger partial charge in [-0.05, 0) is 92.2 Å². The summed E-state index contributed by atoms with van der Waals surface area (Å²) in [5.41, 5.74) is 3.41. The van der Waals surface area contributed by atoms with Crippen molar-refractivity contribution in [1.29, 1.82) is 0 Å². The number of hydrogen-bond donors (Lipinski definition) is 3. The van der Waals surface area contributed by atoms with E-state index in [0.717, 1.165) is 49.8 Å². The van der Waals surface area contributed by atoms with E-state index in [4.69, 9.17) is 5.11 Å². The standard InChI is InChI=1S/C29H37N3O4/c1-19(2)20-10-14-25(15-11-20)31-29(36)32-18-4-3-5-26(32)27(33)30-24-16-12-22(13-17-24)21-6-8-23(9-7-21)28(34)35/h6-11,14-15,19,22,24,26H,3-5,12-13,16-18H2,1-2H3,(H,30,33)(H,31,36)(H,34,35)/t22?,24?,26-/m1/s1. The highest BCUT2D eigenvalue weighted by atomic mass is 16.4. The molecule has 192 valence electrons. The van der Waals surface area contributed by atoms with Gasteiger partial charge in [-0.2, -0.15) is 0 Å². The maximum absolute atomic E-state index is 13.2. The van der Waals surface area contributed by atoms with Crippen molar-refractivity contribution in [1.82, 2.24) is 10.2 Å². The average molecular weight is 492 g/mol. The molecule has 7 nitrogen and oxygen atoms in total. The maximum atomic E-state index is 13.2. The van der Waals surface area contributed by atoms with Gasteiger partial charge in [0, 0.05) is 18.3 Å². The minimum Gasteiger partial charge on any atom is -0.478 e. The van der Waals surface area contributed by atoms with Gasteiger partial charge in [-0.15, -0.1) is 0 Å². The van der Waals surface area contributed by atoms with Gasteiger partial charge < -0.3 is 20.6 Å². The highest BCUT2D eigenvalue weighted by Gasteiger charge is 2.34. The van der Waals surface area contributed by atoms with Gasteiger partial charge in [0.05, 0.1) is 5.56 Å². The van der Waals surface area contributed by atoms with E-state index in [1.54, 1.807) is 17.0 Å². The molecular formula is C29H37N3O4. The van der Waals surface area contributed by atoms with Crippen LogP contribution in [-0.4, -0.2) is 46.5 Å². The molecule has 1 aliphatic heterocycles. The summed E-state index contributed by atoms with van der Waals surface area (Å²) in [5.74, 6) is -0.172. The lowest BCUT2D eigenvalue weighted by Crippen LogP contribution is -2.55. The Bertz CT molecular complexity index is 1060. The number of nitrogens with zero attached hydrogens (tertiary/aromatic N) is 1. The smallest absolute Gasteiger partial charge is 0.335 e. The van der Waals surface area contributed by atoms with Crippen LogP contribution in [0.3, 0.4) is 0 Å². The third kappa shape index (κ3) is 6.25. The number of amides is 3. The van der Waals surface area contributed by atoms with Crippen molar-refractivity contribution in [3.05, 3.63) is 65.2 Å². The largest absolute Gasteiger partial charge is 0.478 e. The molecule has 36 heavy (non-hydrogen) atoms. The van der Waals surface area contributed by atoms with Crippen LogP contribution in [0.4, 0.5) is 10.5 Å². The molecule has 1 atom stereocenters. The normalized spacial score (nSPS) is 22.2. The second-order valence-corrected chi connectivity index (χ2v) is 10.4. The summed E-state index contributed by atoms with van der Waals surface area (Å²) in [7, 11) is 0. The lowest BCUT2D eigenvalue weighted by molar-refractivity contribution is -0.127. The van der Waals surface area contributed by atoms with Crippen LogP contribution in [0, 0.1) is 0 Å². The third-order valence-corrected chi connectivity index (χ3v) is 7.60. The molecule has 1 aliphatic carbocycles. The van der Waals surface area contributed by atoms with E-state index in [9.17, 15) is 14.4 Å². The third-order valence-electron chi connectivity index (χ3n) is 7.60. The maximum Gasteiger partial charge on any atom is 0.335 e. The number of carboxylic acid groups (broad SMARTS) is 1. The van der Waals surface area contributed by atoms with Crippen LogP contribution in [0.15, 0.2) is 48.5 Å². The number of rotatable bonds is 6. The monoisotopic (exact) mass is 491 g/mol. The Kier molecular flexibility index (Phi) is 8.28. The molecule has 3 amide bonds. The summed E-state index contributed by atoms with van der Waals surface area (Å²) in [4.78, 5) is 39.0. The number of hydrogen-bond acceptors (Lipinski definition) is 3. The number of carboxylic acids is 1. The van der Waals surface area contributed by atoms with E-state index in [-0.39, 0.29) is 18.0 Å². The van der Waals surface area contributed by atoms with Gasteiger partial charge in [0.25, 0.3) is 0 Å². The fraction of sp³-hybridized carbons (Fsp3) is 0.483. The van der Waals surface area contributed by atoms with E-state index in [1.807, 2.05) is 36.4 Å². The van der Waals surface area contributed by atoms with E-state index in [1.165, 1.54) is 5.56 Å². The van der Waals surface area contributed by atoms with E-state index in [0.29, 0.717) is 30.4 Å². The predicted octanol–water partition coefficient (Wildman–Crippen LogP) is 5.74. The van der Waals surface area contributed by atoms with Crippen molar-refractivity contribution in [3.8, 4) is 0 Å². The number of likely N-dealkylation sites (tertiary alicyclic amines) is 1. The second-order valence-electron chi connectivity index (χ2n) is 10.4. The first-order valence-electron chi connectivity index (χ1n) is 13.1. The van der Waals surface area contributed by atoms with Crippen LogP contribution in [0.25, 0.3) is 0 Å². The average Bonchev–Trinajstić information content (AvgIpc) is 2.89. The highest BCUT2D eigenvalue weighted by Crippen LogP contribution is 2.33. The number of anilines is 1. The van der Waals surface area contributed by atoms with Crippen LogP contribution in [0.1, 0.15) is 92.1 Å². The SMILES string of the molecule is CC(C)c1ccc(NC(=O)N2CCCC[C@@H]2C(=O)NC2CCC(c3ccc(C(=O)O)cc3)CC2)cc1. The number of benzene rings is 2. The number of piperidine rings is 1. The predicted molar refractivity (Wildman–Crippen MR) is 140 cm³/mol. The Balaban J connectivity index is 1.30. The van der Waals surface area contributed by atoms with Gasteiger partial charge in [-0.1, -0.05) is 38.1 Å². The lowest BCUT2D eigenvalue weighted by Gasteiger charge is -2.36. The zero-order valence-corrected chi connectivity index (χ0v) is 21.2. The van der Waals surface area contributed by atoms with E-state index >= 15 is 0 Å². The zero-order valence-electron chi connectivity index (χ0n) is 21.2. The first-order chi connectivity index (χ1) is 17.3. The van der Waals surface area contributed by atoms with E-state index < -0.39 is 12.0 Å². The molecule has 1 heterocycles. The van der Waals surface area contributed by atoms with Gasteiger partial charge in [0.1, 0.15) is 6.04 Å². The summed E-state index contributed by atoms with van der Waals surface area (Å²) in [6, 6.07) is 14.4. The van der Waals surface area contributed by atoms with Crippen molar-refractivity contribution < 1.29 is 19.5 Å². The van der Waals surface area contributed by atoms with Crippen molar-refractivity contribution >= 4 is 23.6 Å². The van der Waals surface area contributed by atoms with Crippen molar-refractivity contribution in [2.24, 2.45) is 0 Å². The Morgan fingerprint density at radius 2 is 1.56 bits per heavy atom. The molecule has 7 heteroatoms. The summed E-state index contributed by atoms with van der Waals surface area (Å²) < 4.78 is 0. The van der Waals surface area contributed by atoms with Gasteiger partial charge in [-0.25, -0.2) is 9.59 Å². The second kappa shape index (κ2) is 11.6. The molecule has 1 saturated carbocycles. The van der Waals surface area contributed by atoms with Crippen LogP contribution in [0.2, 0.25) is 0 Å². The summed E-state index contributed by atoms with van der Waals surface area (Å²) in [6.45, 7) is 4.85. The fourth-order valence-corrected chi connectivity index (χ4v) is 5.36. The highest BCUT2D eigenvalue weighted by molar-refractivity contribution is 5.94. The molecule has 0 bridgehead atoms. The molecule has 0 radical (unpaired) electrons. The quantitative estimate of drug-likeness (QED) is 0.480. The molecule has 3 N–H and O–H groups in total. The molecule has 1 saturated heterocycles. The topological polar surface area (TPSA) is 98.7 Å². The first kappa shape index (κ1) is 25.7. The minimum absolute atomic E-state index is 0.0609. The summed E-state index contributed by atoms with van der Waals surface area (Å²) in [5, 5.41) is 15.3. The van der Waals surface area contributed by atoms with Crippen LogP contribution in [0.5, 0.6) is 0 Å². The lowest BCUT2D eigenvalue weighted by atomic mass is 9.81. The van der Waals surface area contributed by atoms with Crippen LogP contribution in [-0.2, 0) is 4.79 Å². The van der Waals surface area contributed by atoms with Crippen molar-refractivity contribution in [3.63, 3.8) is 0 Å². The Hall–Kier alpha value is -3.35. The fourth-order valence-electron chi connectivity index (χ4n) is 5.36. The Labute approximate surface area is 213 Å². The van der Waals surface area contributed by atoms with Gasteiger partial charge in [0.15, 0.2) is 0 Å². The molecule has 0 spiro atoms. The number of nitrogens with one attached hydrogen (secondary N) is 2. The summed E-state index contributed by atoms with van der Waals surface area (Å²) in [6.07, 6.45) is 6.14. The molecule has 2 aromatic rings. The zero-order chi connectivity index (χ0) is 25.7. The molecule has 0 unspecified atom stereocenters. The number of carbonyl (C=O) groups excluding carboxylic acids is 2. The van der Waals surface area contributed by atoms with Gasteiger partial charge in [-0.3, -0.25) is 4.79 Å². The number of carbonyl (C=O) groups is 3. The minimum atomic E-state index is -0.914. The van der Waals surface area contributed by atoms with Crippen LogP contribution >= 0.6 is 0 Å². The van der Waals surface area contributed by atoms with Crippen LogP contribution < -0.4 is 10.6 Å². The summed E-state index contributed by atoms with van der Waals surface area (Å²) >= 11 is 0. The molecule has 2 aliphatic rings. The molecule has 2 fully saturated rings. The first-order valence-corrected chi connectivity index (χ1v) is 13.1. The van der Waals surface area contributed by atoms with Crippen molar-refractivity contribution in [2.75, 3.05) is 11.9 Å². The van der Waals surface area contributed by atoms with Gasteiger partial charge in [0.2, 0.25) is 5.91 Å². The Morgan fingerprint density at radius 1 is 0.889 bits per heavy atom. The van der Waals surface area contributed by atoms with Crippen molar-refractivity contribution in [2.45, 2.75) is 82.7 Å².